The maximum absolute atomic E-state index is 12.7. The fourth-order valence-electron chi connectivity index (χ4n) is 3.09. The van der Waals surface area contributed by atoms with E-state index in [0.29, 0.717) is 41.2 Å². The van der Waals surface area contributed by atoms with E-state index in [0.717, 1.165) is 4.68 Å². The topological polar surface area (TPSA) is 109 Å². The van der Waals surface area contributed by atoms with E-state index in [1.807, 2.05) is 0 Å². The molecule has 0 radical (unpaired) electrons. The third-order valence-electron chi connectivity index (χ3n) is 4.61. The van der Waals surface area contributed by atoms with Crippen LogP contribution in [-0.2, 0) is 16.6 Å². The van der Waals surface area contributed by atoms with Crippen molar-refractivity contribution >= 4 is 28.3 Å². The molecule has 1 amide bonds. The summed E-state index contributed by atoms with van der Waals surface area (Å²) in [5.41, 5.74) is 0.121. The summed E-state index contributed by atoms with van der Waals surface area (Å²) in [4.78, 5) is 37.4. The summed E-state index contributed by atoms with van der Waals surface area (Å²) in [5, 5.41) is 7.40. The van der Waals surface area contributed by atoms with E-state index in [1.165, 1.54) is 14.0 Å². The largest absolute Gasteiger partial charge is 0.486 e. The number of benzene rings is 2. The van der Waals surface area contributed by atoms with E-state index < -0.39 is 18.0 Å². The van der Waals surface area contributed by atoms with Crippen molar-refractivity contribution in [1.82, 2.24) is 9.78 Å². The molecule has 2 heterocycles. The minimum absolute atomic E-state index is 0.0355. The number of amides is 1. The predicted octanol–water partition coefficient (Wildman–Crippen LogP) is 1.89. The van der Waals surface area contributed by atoms with Gasteiger partial charge in [0.1, 0.15) is 13.2 Å². The van der Waals surface area contributed by atoms with Crippen LogP contribution in [0.3, 0.4) is 0 Å². The van der Waals surface area contributed by atoms with Gasteiger partial charge < -0.3 is 19.5 Å². The summed E-state index contributed by atoms with van der Waals surface area (Å²) in [6.07, 6.45) is -1.09. The molecule has 0 bridgehead atoms. The summed E-state index contributed by atoms with van der Waals surface area (Å²) in [7, 11) is 1.45. The molecule has 0 fully saturated rings. The van der Waals surface area contributed by atoms with Crippen molar-refractivity contribution in [2.45, 2.75) is 13.0 Å². The second-order valence-corrected chi connectivity index (χ2v) is 6.72. The van der Waals surface area contributed by atoms with Gasteiger partial charge in [0.25, 0.3) is 11.5 Å². The quantitative estimate of drug-likeness (QED) is 0.656. The highest BCUT2D eigenvalue weighted by atomic mass is 16.6. The van der Waals surface area contributed by atoms with Gasteiger partial charge >= 0.3 is 5.97 Å². The van der Waals surface area contributed by atoms with Crippen molar-refractivity contribution in [2.24, 2.45) is 7.05 Å². The summed E-state index contributed by atoms with van der Waals surface area (Å²) < 4.78 is 17.3. The van der Waals surface area contributed by atoms with E-state index in [-0.39, 0.29) is 11.3 Å². The number of hydrogen-bond acceptors (Lipinski definition) is 7. The lowest BCUT2D eigenvalue weighted by atomic mass is 10.1. The van der Waals surface area contributed by atoms with Gasteiger partial charge in [0, 0.05) is 24.2 Å². The fourth-order valence-corrected chi connectivity index (χ4v) is 3.09. The van der Waals surface area contributed by atoms with Gasteiger partial charge in [0.05, 0.1) is 5.39 Å². The van der Waals surface area contributed by atoms with Crippen molar-refractivity contribution in [1.29, 1.82) is 0 Å². The SMILES string of the molecule is C[C@H](OC(=O)c1nn(C)c(=O)c2ccccc12)C(=O)Nc1ccc2c(c1)OCCO2. The van der Waals surface area contributed by atoms with Crippen molar-refractivity contribution in [3.63, 3.8) is 0 Å². The van der Waals surface area contributed by atoms with Crippen LogP contribution in [0.2, 0.25) is 0 Å². The average molecular weight is 409 g/mol. The highest BCUT2D eigenvalue weighted by Gasteiger charge is 2.23. The molecule has 30 heavy (non-hydrogen) atoms. The van der Waals surface area contributed by atoms with Crippen LogP contribution in [0.15, 0.2) is 47.3 Å². The molecule has 0 unspecified atom stereocenters. The molecule has 4 rings (SSSR count). The Morgan fingerprint density at radius 3 is 2.57 bits per heavy atom. The number of fused-ring (bicyclic) bond motifs is 2. The third-order valence-corrected chi connectivity index (χ3v) is 4.61. The van der Waals surface area contributed by atoms with Gasteiger partial charge in [-0.25, -0.2) is 9.48 Å². The summed E-state index contributed by atoms with van der Waals surface area (Å²) in [6, 6.07) is 11.6. The highest BCUT2D eigenvalue weighted by molar-refractivity contribution is 6.03. The number of nitrogens with zero attached hydrogens (tertiary/aromatic N) is 2. The van der Waals surface area contributed by atoms with Crippen LogP contribution in [0.5, 0.6) is 11.5 Å². The number of anilines is 1. The van der Waals surface area contributed by atoms with Crippen molar-refractivity contribution < 1.29 is 23.8 Å². The van der Waals surface area contributed by atoms with E-state index in [2.05, 4.69) is 10.4 Å². The van der Waals surface area contributed by atoms with Gasteiger partial charge in [-0.2, -0.15) is 5.10 Å². The molecule has 1 atom stereocenters. The van der Waals surface area contributed by atoms with Crippen LogP contribution in [0, 0.1) is 0 Å². The summed E-state index contributed by atoms with van der Waals surface area (Å²) in [6.45, 7) is 2.36. The first kappa shape index (κ1) is 19.4. The Bertz CT molecular complexity index is 1200. The molecular formula is C21H19N3O6. The second-order valence-electron chi connectivity index (χ2n) is 6.72. The monoisotopic (exact) mass is 409 g/mol. The number of rotatable bonds is 4. The minimum atomic E-state index is -1.09. The lowest BCUT2D eigenvalue weighted by Crippen LogP contribution is -2.31. The molecule has 1 aromatic heterocycles. The standard InChI is InChI=1S/C21H19N3O6/c1-12(19(25)22-13-7-8-16-17(11-13)29-10-9-28-16)30-21(27)18-14-5-3-4-6-15(14)20(26)24(2)23-18/h3-8,11-12H,9-10H2,1-2H3,(H,22,25)/t12-/m0/s1. The van der Waals surface area contributed by atoms with Gasteiger partial charge in [0.2, 0.25) is 0 Å². The number of ether oxygens (including phenoxy) is 3. The Morgan fingerprint density at radius 1 is 1.10 bits per heavy atom. The Kier molecular flexibility index (Phi) is 5.09. The highest BCUT2D eigenvalue weighted by Crippen LogP contribution is 2.32. The molecular weight excluding hydrogens is 390 g/mol. The number of aryl methyl sites for hydroxylation is 1. The normalized spacial score (nSPS) is 13.5. The smallest absolute Gasteiger partial charge is 0.360 e. The van der Waals surface area contributed by atoms with E-state index in [4.69, 9.17) is 14.2 Å². The molecule has 9 nitrogen and oxygen atoms in total. The molecule has 1 aliphatic rings. The predicted molar refractivity (Wildman–Crippen MR) is 108 cm³/mol. The first-order valence-corrected chi connectivity index (χ1v) is 9.31. The number of hydrogen-bond donors (Lipinski definition) is 1. The van der Waals surface area contributed by atoms with Crippen LogP contribution in [0.25, 0.3) is 10.8 Å². The zero-order valence-corrected chi connectivity index (χ0v) is 16.4. The van der Waals surface area contributed by atoms with Crippen molar-refractivity contribution in [3.8, 4) is 11.5 Å². The van der Waals surface area contributed by atoms with Gasteiger partial charge in [0.15, 0.2) is 23.3 Å². The third kappa shape index (κ3) is 3.69. The number of aromatic nitrogens is 2. The number of esters is 1. The second kappa shape index (κ2) is 7.86. The molecule has 3 aromatic rings. The molecule has 0 aliphatic carbocycles. The molecule has 154 valence electrons. The van der Waals surface area contributed by atoms with Gasteiger partial charge in [-0.1, -0.05) is 18.2 Å². The Hall–Kier alpha value is -3.88. The zero-order valence-electron chi connectivity index (χ0n) is 16.4. The minimum Gasteiger partial charge on any atom is -0.486 e. The lowest BCUT2D eigenvalue weighted by Gasteiger charge is -2.19. The average Bonchev–Trinajstić information content (AvgIpc) is 2.76. The van der Waals surface area contributed by atoms with Gasteiger partial charge in [-0.15, -0.1) is 0 Å². The molecule has 2 aromatic carbocycles. The van der Waals surface area contributed by atoms with Crippen LogP contribution >= 0.6 is 0 Å². The Balaban J connectivity index is 1.50. The van der Waals surface area contributed by atoms with Gasteiger partial charge in [-0.05, 0) is 25.1 Å². The van der Waals surface area contributed by atoms with Crippen LogP contribution in [0.1, 0.15) is 17.4 Å². The molecule has 0 saturated carbocycles. The molecule has 0 saturated heterocycles. The Morgan fingerprint density at radius 2 is 1.80 bits per heavy atom. The molecule has 0 spiro atoms. The number of carbonyl (C=O) groups is 2. The van der Waals surface area contributed by atoms with E-state index >= 15 is 0 Å². The first-order chi connectivity index (χ1) is 14.4. The molecule has 1 aliphatic heterocycles. The van der Waals surface area contributed by atoms with Crippen LogP contribution in [0.4, 0.5) is 5.69 Å². The van der Waals surface area contributed by atoms with Crippen LogP contribution < -0.4 is 20.3 Å². The molecule has 9 heteroatoms. The number of nitrogens with one attached hydrogen (secondary N) is 1. The number of carbonyl (C=O) groups excluding carboxylic acids is 2. The Labute approximate surface area is 171 Å². The summed E-state index contributed by atoms with van der Waals surface area (Å²) in [5.74, 6) is -0.184. The zero-order chi connectivity index (χ0) is 21.3. The molecule has 1 N–H and O–H groups in total. The van der Waals surface area contributed by atoms with E-state index in [9.17, 15) is 14.4 Å². The van der Waals surface area contributed by atoms with Crippen molar-refractivity contribution in [2.75, 3.05) is 18.5 Å². The van der Waals surface area contributed by atoms with Crippen LogP contribution in [-0.4, -0.2) is 41.0 Å². The fraction of sp³-hybridized carbons (Fsp3) is 0.238. The maximum atomic E-state index is 12.7. The first-order valence-electron chi connectivity index (χ1n) is 9.31. The van der Waals surface area contributed by atoms with E-state index in [1.54, 1.807) is 42.5 Å². The lowest BCUT2D eigenvalue weighted by molar-refractivity contribution is -0.123. The van der Waals surface area contributed by atoms with Crippen molar-refractivity contribution in [3.05, 3.63) is 58.5 Å². The maximum Gasteiger partial charge on any atom is 0.360 e. The van der Waals surface area contributed by atoms with Gasteiger partial charge in [-0.3, -0.25) is 9.59 Å². The summed E-state index contributed by atoms with van der Waals surface area (Å²) >= 11 is 0.